The van der Waals surface area contributed by atoms with Crippen molar-refractivity contribution in [3.8, 4) is 0 Å². The Hall–Kier alpha value is -3.79. The third-order valence-corrected chi connectivity index (χ3v) is 5.51. The summed E-state index contributed by atoms with van der Waals surface area (Å²) >= 11 is 0. The number of hydrogen-bond donors (Lipinski definition) is 0. The summed E-state index contributed by atoms with van der Waals surface area (Å²) in [5.74, 6) is -0.342. The van der Waals surface area contributed by atoms with Gasteiger partial charge in [0.15, 0.2) is 0 Å². The van der Waals surface area contributed by atoms with E-state index in [1.54, 1.807) is 6.07 Å². The molecule has 0 unspecified atom stereocenters. The summed E-state index contributed by atoms with van der Waals surface area (Å²) in [6, 6.07) is 10.5. The predicted molar refractivity (Wildman–Crippen MR) is 118 cm³/mol. The molecule has 0 spiro atoms. The first-order valence-corrected chi connectivity index (χ1v) is 10.3. The monoisotopic (exact) mass is 456 g/mol. The highest BCUT2D eigenvalue weighted by atomic mass is 16.6. The quantitative estimate of drug-likeness (QED) is 0.299. The van der Waals surface area contributed by atoms with E-state index in [1.165, 1.54) is 37.2 Å². The van der Waals surface area contributed by atoms with Gasteiger partial charge < -0.3 is 23.7 Å². The van der Waals surface area contributed by atoms with E-state index in [1.807, 2.05) is 30.3 Å². The Labute approximate surface area is 190 Å². The number of amides is 2. The summed E-state index contributed by atoms with van der Waals surface area (Å²) in [5.41, 5.74) is 0.899. The molecular weight excluding hydrogens is 432 g/mol. The van der Waals surface area contributed by atoms with Crippen molar-refractivity contribution in [1.29, 1.82) is 0 Å². The highest BCUT2D eigenvalue weighted by molar-refractivity contribution is 6.06. The summed E-state index contributed by atoms with van der Waals surface area (Å²) in [4.78, 5) is 40.6. The van der Waals surface area contributed by atoms with Crippen LogP contribution in [-0.4, -0.2) is 65.0 Å². The molecule has 2 aliphatic heterocycles. The molecule has 2 aromatic rings. The first-order chi connectivity index (χ1) is 16.0. The van der Waals surface area contributed by atoms with Crippen LogP contribution in [0.25, 0.3) is 10.8 Å². The van der Waals surface area contributed by atoms with Crippen LogP contribution in [0.3, 0.4) is 0 Å². The number of fused-ring (bicyclic) bond motifs is 3. The normalized spacial score (nSPS) is 20.2. The second-order valence-electron chi connectivity index (χ2n) is 7.42. The van der Waals surface area contributed by atoms with Crippen molar-refractivity contribution in [3.63, 3.8) is 0 Å². The van der Waals surface area contributed by atoms with Gasteiger partial charge in [-0.1, -0.05) is 24.3 Å². The number of hydrogen-bond acceptors (Lipinski definition) is 8. The van der Waals surface area contributed by atoms with Crippen LogP contribution in [0, 0.1) is 0 Å². The van der Waals surface area contributed by atoms with E-state index in [2.05, 4.69) is 0 Å². The molecule has 0 radical (unpaired) electrons. The van der Waals surface area contributed by atoms with E-state index in [-0.39, 0.29) is 25.4 Å². The van der Waals surface area contributed by atoms with Gasteiger partial charge in [-0.3, -0.25) is 4.90 Å². The lowest BCUT2D eigenvalue weighted by Crippen LogP contribution is -2.58. The number of anilines is 2. The lowest BCUT2D eigenvalue weighted by Gasteiger charge is -2.42. The number of esters is 1. The average molecular weight is 456 g/mol. The van der Waals surface area contributed by atoms with Gasteiger partial charge in [-0.2, -0.15) is 0 Å². The Kier molecular flexibility index (Phi) is 6.36. The molecule has 2 aromatic carbocycles. The molecule has 1 fully saturated rings. The fourth-order valence-electron chi connectivity index (χ4n) is 4.07. The van der Waals surface area contributed by atoms with Crippen LogP contribution in [0.4, 0.5) is 21.0 Å². The Morgan fingerprint density at radius 1 is 0.970 bits per heavy atom. The maximum absolute atomic E-state index is 12.8. The average Bonchev–Trinajstić information content (AvgIpc) is 3.22. The lowest BCUT2D eigenvalue weighted by atomic mass is 10.0. The number of carbonyl (C=O) groups excluding carboxylic acids is 3. The van der Waals surface area contributed by atoms with Crippen LogP contribution in [-0.2, 0) is 28.5 Å². The zero-order valence-corrected chi connectivity index (χ0v) is 18.5. The zero-order valence-electron chi connectivity index (χ0n) is 18.5. The molecule has 10 nitrogen and oxygen atoms in total. The number of rotatable bonds is 4. The number of benzene rings is 2. The van der Waals surface area contributed by atoms with E-state index in [4.69, 9.17) is 23.7 Å². The van der Waals surface area contributed by atoms with Crippen molar-refractivity contribution >= 4 is 40.3 Å². The molecule has 2 amide bonds. The van der Waals surface area contributed by atoms with Gasteiger partial charge in [0.2, 0.25) is 6.23 Å². The van der Waals surface area contributed by atoms with Gasteiger partial charge in [0, 0.05) is 13.5 Å². The Bertz CT molecular complexity index is 1040. The topological polar surface area (TPSA) is 104 Å². The molecule has 0 bridgehead atoms. The van der Waals surface area contributed by atoms with Gasteiger partial charge in [-0.25, -0.2) is 19.3 Å². The second-order valence-corrected chi connectivity index (χ2v) is 7.42. The molecule has 0 aliphatic carbocycles. The van der Waals surface area contributed by atoms with Crippen LogP contribution < -0.4 is 9.80 Å². The smallest absolute Gasteiger partial charge is 0.417 e. The van der Waals surface area contributed by atoms with Crippen molar-refractivity contribution in [2.75, 3.05) is 44.3 Å². The highest BCUT2D eigenvalue weighted by Crippen LogP contribution is 2.46. The summed E-state index contributed by atoms with van der Waals surface area (Å²) in [7, 11) is 4.05. The van der Waals surface area contributed by atoms with E-state index >= 15 is 0 Å². The maximum atomic E-state index is 12.8. The van der Waals surface area contributed by atoms with Gasteiger partial charge in [0.1, 0.15) is 18.4 Å². The van der Waals surface area contributed by atoms with Gasteiger partial charge >= 0.3 is 18.2 Å². The van der Waals surface area contributed by atoms with Gasteiger partial charge in [0.05, 0.1) is 38.3 Å². The molecule has 0 aromatic heterocycles. The van der Waals surface area contributed by atoms with E-state index in [9.17, 15) is 14.4 Å². The SMILES string of the molecule is COCCOC(=O)/C=C1\C[C@H]2[C@@H](O1)N(C(=O)OC)c1cc3ccccc3cc1N2C(=O)OC. The van der Waals surface area contributed by atoms with E-state index < -0.39 is 30.4 Å². The van der Waals surface area contributed by atoms with Gasteiger partial charge in [-0.05, 0) is 22.9 Å². The van der Waals surface area contributed by atoms with Crippen LogP contribution in [0.1, 0.15) is 6.42 Å². The minimum Gasteiger partial charge on any atom is -0.472 e. The third-order valence-electron chi connectivity index (χ3n) is 5.51. The number of nitrogens with zero attached hydrogens (tertiary/aromatic N) is 2. The molecule has 2 heterocycles. The summed E-state index contributed by atoms with van der Waals surface area (Å²) in [6.07, 6.45) is -0.823. The van der Waals surface area contributed by atoms with Crippen molar-refractivity contribution < 1.29 is 38.1 Å². The van der Waals surface area contributed by atoms with Crippen LogP contribution in [0.5, 0.6) is 0 Å². The highest BCUT2D eigenvalue weighted by Gasteiger charge is 2.51. The standard InChI is InChI=1S/C23H24N2O8/c1-29-8-9-32-20(26)13-16-12-19-21(33-16)25(23(28)31-3)18-11-15-7-5-4-6-14(15)10-17(18)24(19)22(27)30-2/h4-7,10-11,13,19,21H,8-9,12H2,1-3H3/b16-13+/t19-,21+/m0/s1. The molecule has 2 aliphatic rings. The Balaban J connectivity index is 1.78. The third kappa shape index (κ3) is 4.17. The van der Waals surface area contributed by atoms with Crippen LogP contribution in [0.15, 0.2) is 48.2 Å². The minimum absolute atomic E-state index is 0.0899. The number of carbonyl (C=O) groups is 3. The molecule has 10 heteroatoms. The lowest BCUT2D eigenvalue weighted by molar-refractivity contribution is -0.139. The van der Waals surface area contributed by atoms with Crippen molar-refractivity contribution in [2.45, 2.75) is 18.7 Å². The summed E-state index contributed by atoms with van der Waals surface area (Å²) in [5, 5.41) is 1.74. The molecule has 4 rings (SSSR count). The first-order valence-electron chi connectivity index (χ1n) is 10.3. The molecular formula is C23H24N2O8. The molecule has 174 valence electrons. The molecule has 0 N–H and O–H groups in total. The van der Waals surface area contributed by atoms with Crippen molar-refractivity contribution in [3.05, 3.63) is 48.2 Å². The minimum atomic E-state index is -0.928. The van der Waals surface area contributed by atoms with E-state index in [0.717, 1.165) is 10.8 Å². The first kappa shape index (κ1) is 22.4. The maximum Gasteiger partial charge on any atom is 0.417 e. The zero-order chi connectivity index (χ0) is 23.5. The molecule has 0 saturated carbocycles. The number of methoxy groups -OCH3 is 3. The van der Waals surface area contributed by atoms with Crippen molar-refractivity contribution in [1.82, 2.24) is 0 Å². The van der Waals surface area contributed by atoms with Crippen LogP contribution in [0.2, 0.25) is 0 Å². The van der Waals surface area contributed by atoms with Crippen molar-refractivity contribution in [2.24, 2.45) is 0 Å². The van der Waals surface area contributed by atoms with Gasteiger partial charge in [-0.15, -0.1) is 0 Å². The molecule has 1 saturated heterocycles. The van der Waals surface area contributed by atoms with Crippen LogP contribution >= 0.6 is 0 Å². The summed E-state index contributed by atoms with van der Waals surface area (Å²) in [6.45, 7) is 0.350. The molecule has 2 atom stereocenters. The predicted octanol–water partition coefficient (Wildman–Crippen LogP) is 3.19. The van der Waals surface area contributed by atoms with Gasteiger partial charge in [0.25, 0.3) is 0 Å². The fourth-order valence-corrected chi connectivity index (χ4v) is 4.07. The fraction of sp³-hybridized carbons (Fsp3) is 0.348. The van der Waals surface area contributed by atoms with E-state index in [0.29, 0.717) is 11.4 Å². The second kappa shape index (κ2) is 9.37. The largest absolute Gasteiger partial charge is 0.472 e. The Morgan fingerprint density at radius 2 is 1.58 bits per heavy atom. The molecule has 33 heavy (non-hydrogen) atoms. The number of ether oxygens (including phenoxy) is 5. The Morgan fingerprint density at radius 3 is 2.18 bits per heavy atom. The summed E-state index contributed by atoms with van der Waals surface area (Å²) < 4.78 is 26.0.